The van der Waals surface area contributed by atoms with Crippen LogP contribution >= 0.6 is 0 Å². The molecule has 1 saturated carbocycles. The summed E-state index contributed by atoms with van der Waals surface area (Å²) in [4.78, 5) is 2.28. The first kappa shape index (κ1) is 12.3. The molecule has 5 nitrogen and oxygen atoms in total. The minimum atomic E-state index is -0.613. The lowest BCUT2D eigenvalue weighted by Gasteiger charge is -2.24. The number of nitrogens with zero attached hydrogens (tertiary/aromatic N) is 2. The fraction of sp³-hybridized carbons (Fsp3) is 0.750. The van der Waals surface area contributed by atoms with Crippen LogP contribution in [0.5, 0.6) is 0 Å². The zero-order valence-corrected chi connectivity index (χ0v) is 11.2. The molecular formula is C12H19N3O2S. The topological polar surface area (TPSA) is 58.4 Å². The summed E-state index contributed by atoms with van der Waals surface area (Å²) in [5.41, 5.74) is 0.984. The molecule has 2 aliphatic rings. The molecule has 18 heavy (non-hydrogen) atoms. The monoisotopic (exact) mass is 269 g/mol. The maximum atomic E-state index is 11.3. The van der Waals surface area contributed by atoms with Gasteiger partial charge < -0.3 is 9.84 Å². The normalized spacial score (nSPS) is 22.4. The molecule has 0 bridgehead atoms. The molecule has 0 spiro atoms. The Labute approximate surface area is 109 Å². The second-order valence-corrected chi connectivity index (χ2v) is 6.76. The SMILES string of the molecule is O=S1CCN(Cc2cc(CNC3CC3)no2)CC1. The Bertz CT molecular complexity index is 421. The highest BCUT2D eigenvalue weighted by Gasteiger charge is 2.21. The van der Waals surface area contributed by atoms with Crippen molar-refractivity contribution in [1.82, 2.24) is 15.4 Å². The highest BCUT2D eigenvalue weighted by molar-refractivity contribution is 7.85. The second-order valence-electron chi connectivity index (χ2n) is 5.06. The number of hydrogen-bond donors (Lipinski definition) is 1. The van der Waals surface area contributed by atoms with E-state index in [4.69, 9.17) is 4.52 Å². The van der Waals surface area contributed by atoms with Crippen molar-refractivity contribution in [2.75, 3.05) is 24.6 Å². The van der Waals surface area contributed by atoms with Crippen LogP contribution in [-0.4, -0.2) is 44.9 Å². The van der Waals surface area contributed by atoms with Gasteiger partial charge in [0.05, 0.1) is 12.2 Å². The van der Waals surface area contributed by atoms with Crippen molar-refractivity contribution in [2.45, 2.75) is 32.0 Å². The van der Waals surface area contributed by atoms with Crippen LogP contribution in [0.4, 0.5) is 0 Å². The predicted molar refractivity (Wildman–Crippen MR) is 69.5 cm³/mol. The average Bonchev–Trinajstić information content (AvgIpc) is 3.10. The lowest BCUT2D eigenvalue weighted by molar-refractivity contribution is 0.248. The van der Waals surface area contributed by atoms with Crippen molar-refractivity contribution in [2.24, 2.45) is 0 Å². The third-order valence-corrected chi connectivity index (χ3v) is 4.68. The van der Waals surface area contributed by atoms with Crippen LogP contribution in [0.1, 0.15) is 24.3 Å². The van der Waals surface area contributed by atoms with E-state index >= 15 is 0 Å². The van der Waals surface area contributed by atoms with E-state index in [1.807, 2.05) is 6.07 Å². The zero-order valence-electron chi connectivity index (χ0n) is 10.4. The Morgan fingerprint density at radius 2 is 2.22 bits per heavy atom. The van der Waals surface area contributed by atoms with Gasteiger partial charge in [-0.15, -0.1) is 0 Å². The first-order chi connectivity index (χ1) is 8.79. The van der Waals surface area contributed by atoms with Crippen molar-refractivity contribution in [3.63, 3.8) is 0 Å². The zero-order chi connectivity index (χ0) is 12.4. The van der Waals surface area contributed by atoms with E-state index < -0.39 is 10.8 Å². The van der Waals surface area contributed by atoms with Gasteiger partial charge >= 0.3 is 0 Å². The minimum absolute atomic E-state index is 0.613. The predicted octanol–water partition coefficient (Wildman–Crippen LogP) is 0.491. The Hall–Kier alpha value is -0.720. The molecule has 1 aromatic heterocycles. The number of aromatic nitrogens is 1. The van der Waals surface area contributed by atoms with Crippen LogP contribution in [0.2, 0.25) is 0 Å². The Balaban J connectivity index is 1.48. The van der Waals surface area contributed by atoms with Gasteiger partial charge in [0.2, 0.25) is 0 Å². The van der Waals surface area contributed by atoms with Gasteiger partial charge in [-0.05, 0) is 12.8 Å². The molecule has 0 unspecified atom stereocenters. The maximum absolute atomic E-state index is 11.3. The van der Waals surface area contributed by atoms with Gasteiger partial charge in [-0.25, -0.2) is 0 Å². The van der Waals surface area contributed by atoms with Crippen molar-refractivity contribution >= 4 is 10.8 Å². The average molecular weight is 269 g/mol. The van der Waals surface area contributed by atoms with Gasteiger partial charge in [0.15, 0.2) is 5.76 Å². The molecule has 1 N–H and O–H groups in total. The molecular weight excluding hydrogens is 250 g/mol. The Kier molecular flexibility index (Phi) is 3.77. The summed E-state index contributed by atoms with van der Waals surface area (Å²) in [6.45, 7) is 3.37. The van der Waals surface area contributed by atoms with Crippen LogP contribution in [0.25, 0.3) is 0 Å². The lowest BCUT2D eigenvalue weighted by atomic mass is 10.3. The summed E-state index contributed by atoms with van der Waals surface area (Å²) in [7, 11) is -0.613. The van der Waals surface area contributed by atoms with Crippen molar-refractivity contribution in [3.8, 4) is 0 Å². The Morgan fingerprint density at radius 1 is 1.44 bits per heavy atom. The third kappa shape index (κ3) is 3.40. The standard InChI is InChI=1S/C12H19N3O2S/c16-18-5-3-15(4-6-18)9-12-7-11(14-17-12)8-13-10-1-2-10/h7,10,13H,1-6,8-9H2. The van der Waals surface area contributed by atoms with Gasteiger partial charge in [-0.2, -0.15) is 0 Å². The molecule has 0 atom stereocenters. The van der Waals surface area contributed by atoms with E-state index in [2.05, 4.69) is 15.4 Å². The maximum Gasteiger partial charge on any atom is 0.151 e. The van der Waals surface area contributed by atoms with E-state index in [0.29, 0.717) is 6.04 Å². The summed E-state index contributed by atoms with van der Waals surface area (Å²) in [5.74, 6) is 2.48. The first-order valence-electron chi connectivity index (χ1n) is 6.55. The van der Waals surface area contributed by atoms with E-state index in [1.165, 1.54) is 12.8 Å². The largest absolute Gasteiger partial charge is 0.360 e. The number of hydrogen-bond acceptors (Lipinski definition) is 5. The van der Waals surface area contributed by atoms with Crippen molar-refractivity contribution < 1.29 is 8.73 Å². The van der Waals surface area contributed by atoms with Gasteiger partial charge in [0.25, 0.3) is 0 Å². The molecule has 6 heteroatoms. The van der Waals surface area contributed by atoms with Gasteiger partial charge in [0.1, 0.15) is 0 Å². The van der Waals surface area contributed by atoms with E-state index in [-0.39, 0.29) is 0 Å². The third-order valence-electron chi connectivity index (χ3n) is 3.41. The molecule has 0 amide bonds. The van der Waals surface area contributed by atoms with Crippen molar-refractivity contribution in [3.05, 3.63) is 17.5 Å². The minimum Gasteiger partial charge on any atom is -0.360 e. The molecule has 1 aliphatic carbocycles. The van der Waals surface area contributed by atoms with Crippen LogP contribution in [0.15, 0.2) is 10.6 Å². The quantitative estimate of drug-likeness (QED) is 0.843. The summed E-state index contributed by atoms with van der Waals surface area (Å²) in [5, 5.41) is 7.49. The fourth-order valence-electron chi connectivity index (χ4n) is 2.10. The fourth-order valence-corrected chi connectivity index (χ4v) is 3.23. The summed E-state index contributed by atoms with van der Waals surface area (Å²) in [6, 6.07) is 2.73. The summed E-state index contributed by atoms with van der Waals surface area (Å²) < 4.78 is 16.6. The number of rotatable bonds is 5. The van der Waals surface area contributed by atoms with Crippen LogP contribution in [0.3, 0.4) is 0 Å². The van der Waals surface area contributed by atoms with Crippen LogP contribution < -0.4 is 5.32 Å². The highest BCUT2D eigenvalue weighted by Crippen LogP contribution is 2.19. The van der Waals surface area contributed by atoms with Crippen LogP contribution in [0, 0.1) is 0 Å². The summed E-state index contributed by atoms with van der Waals surface area (Å²) >= 11 is 0. The van der Waals surface area contributed by atoms with E-state index in [9.17, 15) is 4.21 Å². The summed E-state index contributed by atoms with van der Waals surface area (Å²) in [6.07, 6.45) is 2.57. The molecule has 1 aliphatic heterocycles. The molecule has 1 saturated heterocycles. The number of nitrogens with one attached hydrogen (secondary N) is 1. The molecule has 0 aromatic carbocycles. The lowest BCUT2D eigenvalue weighted by Crippen LogP contribution is -2.37. The smallest absolute Gasteiger partial charge is 0.151 e. The van der Waals surface area contributed by atoms with Gasteiger partial charge in [-0.1, -0.05) is 5.16 Å². The molecule has 1 aromatic rings. The van der Waals surface area contributed by atoms with Gasteiger partial charge in [0, 0.05) is 54.0 Å². The van der Waals surface area contributed by atoms with Crippen LogP contribution in [-0.2, 0) is 23.9 Å². The first-order valence-corrected chi connectivity index (χ1v) is 8.03. The van der Waals surface area contributed by atoms with Gasteiger partial charge in [-0.3, -0.25) is 9.11 Å². The molecule has 0 radical (unpaired) electrons. The van der Waals surface area contributed by atoms with E-state index in [0.717, 1.165) is 49.1 Å². The molecule has 2 fully saturated rings. The molecule has 100 valence electrons. The second kappa shape index (κ2) is 5.50. The Morgan fingerprint density at radius 3 is 2.94 bits per heavy atom. The van der Waals surface area contributed by atoms with E-state index in [1.54, 1.807) is 0 Å². The molecule has 3 rings (SSSR count). The van der Waals surface area contributed by atoms with Crippen molar-refractivity contribution in [1.29, 1.82) is 0 Å². The molecule has 2 heterocycles. The highest BCUT2D eigenvalue weighted by atomic mass is 32.2.